The molecule has 0 bridgehead atoms. The van der Waals surface area contributed by atoms with E-state index in [4.69, 9.17) is 0 Å². The summed E-state index contributed by atoms with van der Waals surface area (Å²) in [7, 11) is -3.66. The van der Waals surface area contributed by atoms with Gasteiger partial charge in [-0.05, 0) is 29.5 Å². The van der Waals surface area contributed by atoms with Crippen molar-refractivity contribution < 1.29 is 13.2 Å². The van der Waals surface area contributed by atoms with Gasteiger partial charge in [0.1, 0.15) is 5.69 Å². The molecule has 8 nitrogen and oxygen atoms in total. The molecule has 2 heterocycles. The van der Waals surface area contributed by atoms with Gasteiger partial charge in [0.25, 0.3) is 0 Å². The van der Waals surface area contributed by atoms with E-state index in [1.54, 1.807) is 17.0 Å². The van der Waals surface area contributed by atoms with Crippen LogP contribution in [0.3, 0.4) is 0 Å². The number of amides is 1. The number of nitrogens with one attached hydrogen (secondary N) is 1. The Morgan fingerprint density at radius 1 is 1.09 bits per heavy atom. The maximum Gasteiger partial charge on any atom is 0.240 e. The van der Waals surface area contributed by atoms with E-state index < -0.39 is 10.0 Å². The quantitative estimate of drug-likeness (QED) is 0.558. The normalized spacial score (nSPS) is 16.7. The Kier molecular flexibility index (Phi) is 6.86. The highest BCUT2D eigenvalue weighted by Crippen LogP contribution is 2.25. The fourth-order valence-corrected chi connectivity index (χ4v) is 5.08. The third kappa shape index (κ3) is 5.53. The van der Waals surface area contributed by atoms with Crippen molar-refractivity contribution in [1.29, 1.82) is 0 Å². The van der Waals surface area contributed by atoms with Gasteiger partial charge in [0.05, 0.1) is 17.1 Å². The lowest BCUT2D eigenvalue weighted by molar-refractivity contribution is -0.130. The van der Waals surface area contributed by atoms with Gasteiger partial charge in [-0.25, -0.2) is 17.8 Å². The van der Waals surface area contributed by atoms with E-state index in [0.717, 1.165) is 23.2 Å². The molecular weight excluding hydrogens is 450 g/mol. The van der Waals surface area contributed by atoms with E-state index in [-0.39, 0.29) is 35.2 Å². The summed E-state index contributed by atoms with van der Waals surface area (Å²) >= 11 is 0. The summed E-state index contributed by atoms with van der Waals surface area (Å²) in [4.78, 5) is 14.6. The monoisotopic (exact) mass is 481 g/mol. The number of hydrogen-bond acceptors (Lipinski definition) is 5. The largest absolute Gasteiger partial charge is 0.340 e. The highest BCUT2D eigenvalue weighted by molar-refractivity contribution is 7.89. The fourth-order valence-electron chi connectivity index (χ4n) is 4.05. The Morgan fingerprint density at radius 3 is 2.47 bits per heavy atom. The number of benzene rings is 2. The van der Waals surface area contributed by atoms with Crippen molar-refractivity contribution in [3.8, 4) is 11.3 Å². The molecule has 0 aliphatic carbocycles. The maximum absolute atomic E-state index is 12.7. The Balaban J connectivity index is 1.28. The minimum Gasteiger partial charge on any atom is -0.340 e. The SMILES string of the molecule is CC(C)(C)c1ccc(S(=O)(=O)NCCC(=O)N2CCC(n3cc(-c4ccccc4)nn3)C2)cc1. The van der Waals surface area contributed by atoms with Crippen LogP contribution in [-0.4, -0.2) is 53.9 Å². The first-order valence-electron chi connectivity index (χ1n) is 11.5. The van der Waals surface area contributed by atoms with E-state index in [0.29, 0.717) is 13.1 Å². The highest BCUT2D eigenvalue weighted by atomic mass is 32.2. The Morgan fingerprint density at radius 2 is 1.79 bits per heavy atom. The molecule has 180 valence electrons. The molecule has 1 N–H and O–H groups in total. The first-order chi connectivity index (χ1) is 16.1. The first kappa shape index (κ1) is 24.1. The Hall–Kier alpha value is -3.04. The van der Waals surface area contributed by atoms with Gasteiger partial charge in [0.15, 0.2) is 0 Å². The fraction of sp³-hybridized carbons (Fsp3) is 0.400. The van der Waals surface area contributed by atoms with E-state index in [1.165, 1.54) is 0 Å². The van der Waals surface area contributed by atoms with Gasteiger partial charge in [0, 0.05) is 31.6 Å². The minimum absolute atomic E-state index is 0.0505. The zero-order valence-electron chi connectivity index (χ0n) is 19.8. The van der Waals surface area contributed by atoms with Crippen molar-refractivity contribution in [2.75, 3.05) is 19.6 Å². The number of likely N-dealkylation sites (tertiary alicyclic amines) is 1. The molecule has 1 aromatic heterocycles. The van der Waals surface area contributed by atoms with Gasteiger partial charge in [-0.3, -0.25) is 4.79 Å². The second kappa shape index (κ2) is 9.68. The molecule has 1 amide bonds. The van der Waals surface area contributed by atoms with Crippen molar-refractivity contribution in [2.24, 2.45) is 0 Å². The van der Waals surface area contributed by atoms with Crippen LogP contribution in [0.25, 0.3) is 11.3 Å². The summed E-state index contributed by atoms with van der Waals surface area (Å²) in [6, 6.07) is 16.8. The number of rotatable bonds is 7. The molecule has 2 aromatic carbocycles. The number of aromatic nitrogens is 3. The van der Waals surface area contributed by atoms with Gasteiger partial charge in [-0.1, -0.05) is 68.4 Å². The van der Waals surface area contributed by atoms with Crippen molar-refractivity contribution >= 4 is 15.9 Å². The third-order valence-electron chi connectivity index (χ3n) is 6.13. The van der Waals surface area contributed by atoms with Crippen LogP contribution < -0.4 is 4.72 Å². The molecule has 4 rings (SSSR count). The van der Waals surface area contributed by atoms with Crippen molar-refractivity contribution in [3.05, 3.63) is 66.4 Å². The van der Waals surface area contributed by atoms with Crippen LogP contribution in [0.5, 0.6) is 0 Å². The summed E-state index contributed by atoms with van der Waals surface area (Å²) in [5.41, 5.74) is 2.81. The number of carbonyl (C=O) groups is 1. The Bertz CT molecular complexity index is 1230. The van der Waals surface area contributed by atoms with Gasteiger partial charge in [-0.2, -0.15) is 0 Å². The second-order valence-electron chi connectivity index (χ2n) is 9.65. The lowest BCUT2D eigenvalue weighted by Crippen LogP contribution is -2.33. The third-order valence-corrected chi connectivity index (χ3v) is 7.61. The maximum atomic E-state index is 12.7. The first-order valence-corrected chi connectivity index (χ1v) is 13.0. The number of nitrogens with zero attached hydrogens (tertiary/aromatic N) is 4. The molecule has 9 heteroatoms. The van der Waals surface area contributed by atoms with Crippen LogP contribution >= 0.6 is 0 Å². The summed E-state index contributed by atoms with van der Waals surface area (Å²) in [6.07, 6.45) is 2.81. The molecule has 1 aliphatic heterocycles. The molecule has 0 radical (unpaired) electrons. The summed E-state index contributed by atoms with van der Waals surface area (Å²) < 4.78 is 29.6. The molecule has 34 heavy (non-hydrogen) atoms. The van der Waals surface area contributed by atoms with Gasteiger partial charge in [0.2, 0.25) is 15.9 Å². The molecule has 1 saturated heterocycles. The number of carbonyl (C=O) groups excluding carboxylic acids is 1. The summed E-state index contributed by atoms with van der Waals surface area (Å²) in [6.45, 7) is 7.45. The standard InChI is InChI=1S/C25H31N5O3S/c1-25(2,3)20-9-11-22(12-10-20)34(32,33)26-15-13-24(31)29-16-14-21(17-29)30-18-23(27-28-30)19-7-5-4-6-8-19/h4-12,18,21,26H,13-17H2,1-3H3. The number of hydrogen-bond donors (Lipinski definition) is 1. The molecule has 1 fully saturated rings. The highest BCUT2D eigenvalue weighted by Gasteiger charge is 2.28. The van der Waals surface area contributed by atoms with Crippen molar-refractivity contribution in [3.63, 3.8) is 0 Å². The van der Waals surface area contributed by atoms with Crippen LogP contribution in [0.15, 0.2) is 65.7 Å². The molecule has 3 aromatic rings. The van der Waals surface area contributed by atoms with Gasteiger partial charge >= 0.3 is 0 Å². The Labute approximate surface area is 201 Å². The van der Waals surface area contributed by atoms with E-state index in [1.807, 2.05) is 53.3 Å². The average molecular weight is 482 g/mol. The summed E-state index contributed by atoms with van der Waals surface area (Å²) in [5, 5.41) is 8.51. The minimum atomic E-state index is -3.66. The van der Waals surface area contributed by atoms with Crippen LogP contribution in [0, 0.1) is 0 Å². The summed E-state index contributed by atoms with van der Waals surface area (Å²) in [5.74, 6) is -0.0725. The molecule has 0 spiro atoms. The lowest BCUT2D eigenvalue weighted by Gasteiger charge is -2.19. The molecular formula is C25H31N5O3S. The van der Waals surface area contributed by atoms with Crippen molar-refractivity contribution in [1.82, 2.24) is 24.6 Å². The van der Waals surface area contributed by atoms with Crippen molar-refractivity contribution in [2.45, 2.75) is 50.0 Å². The number of sulfonamides is 1. The van der Waals surface area contributed by atoms with E-state index >= 15 is 0 Å². The van der Waals surface area contributed by atoms with Gasteiger partial charge < -0.3 is 4.90 Å². The zero-order valence-corrected chi connectivity index (χ0v) is 20.6. The topological polar surface area (TPSA) is 97.2 Å². The molecule has 1 aliphatic rings. The molecule has 1 atom stereocenters. The van der Waals surface area contributed by atoms with Crippen LogP contribution in [0.2, 0.25) is 0 Å². The van der Waals surface area contributed by atoms with E-state index in [9.17, 15) is 13.2 Å². The van der Waals surface area contributed by atoms with E-state index in [2.05, 4.69) is 35.8 Å². The lowest BCUT2D eigenvalue weighted by atomic mass is 9.87. The van der Waals surface area contributed by atoms with Gasteiger partial charge in [-0.15, -0.1) is 5.10 Å². The predicted octanol–water partition coefficient (Wildman–Crippen LogP) is 3.38. The van der Waals surface area contributed by atoms with Crippen LogP contribution in [-0.2, 0) is 20.2 Å². The van der Waals surface area contributed by atoms with Crippen LogP contribution in [0.1, 0.15) is 45.2 Å². The van der Waals surface area contributed by atoms with Crippen LogP contribution in [0.4, 0.5) is 0 Å². The molecule has 0 saturated carbocycles. The second-order valence-corrected chi connectivity index (χ2v) is 11.4. The predicted molar refractivity (Wildman–Crippen MR) is 131 cm³/mol. The zero-order chi connectivity index (χ0) is 24.3. The smallest absolute Gasteiger partial charge is 0.240 e. The molecule has 1 unspecified atom stereocenters. The average Bonchev–Trinajstić information content (AvgIpc) is 3.49.